The lowest BCUT2D eigenvalue weighted by Crippen LogP contribution is -2.44. The summed E-state index contributed by atoms with van der Waals surface area (Å²) in [5.41, 5.74) is 0.989. The zero-order valence-electron chi connectivity index (χ0n) is 15.2. The summed E-state index contributed by atoms with van der Waals surface area (Å²) in [5, 5.41) is 4.65. The predicted octanol–water partition coefficient (Wildman–Crippen LogP) is 3.41. The molecule has 3 heterocycles. The third kappa shape index (κ3) is 4.20. The molecule has 0 bridgehead atoms. The van der Waals surface area contributed by atoms with Crippen molar-refractivity contribution >= 4 is 27.4 Å². The molecule has 0 amide bonds. The monoisotopic (exact) mass is 367 g/mol. The molecule has 0 saturated carbocycles. The van der Waals surface area contributed by atoms with Gasteiger partial charge in [-0.2, -0.15) is 0 Å². The van der Waals surface area contributed by atoms with Gasteiger partial charge in [0.25, 0.3) is 0 Å². The van der Waals surface area contributed by atoms with Gasteiger partial charge in [0.2, 0.25) is 5.95 Å². The van der Waals surface area contributed by atoms with Gasteiger partial charge in [-0.05, 0) is 43.6 Å². The van der Waals surface area contributed by atoms with Crippen molar-refractivity contribution in [3.8, 4) is 10.6 Å². The first-order valence-corrected chi connectivity index (χ1v) is 10.1. The summed E-state index contributed by atoms with van der Waals surface area (Å²) in [6.45, 7) is 6.74. The molecule has 1 fully saturated rings. The average molecular weight is 368 g/mol. The minimum Gasteiger partial charge on any atom is -0.354 e. The van der Waals surface area contributed by atoms with Gasteiger partial charge in [0.15, 0.2) is 0 Å². The number of hydrogen-bond acceptors (Lipinski definition) is 6. The topological polar surface area (TPSA) is 44.3 Å². The number of nitrogens with zero attached hydrogens (tertiary/aromatic N) is 4. The van der Waals surface area contributed by atoms with E-state index in [2.05, 4.69) is 57.5 Å². The molecule has 0 unspecified atom stereocenters. The van der Waals surface area contributed by atoms with Gasteiger partial charge in [0.1, 0.15) is 0 Å². The molecule has 0 spiro atoms. The summed E-state index contributed by atoms with van der Waals surface area (Å²) < 4.78 is 1.29. The van der Waals surface area contributed by atoms with Crippen LogP contribution in [0.3, 0.4) is 0 Å². The van der Waals surface area contributed by atoms with E-state index in [0.29, 0.717) is 0 Å². The second-order valence-corrected chi connectivity index (χ2v) is 7.92. The Balaban J connectivity index is 1.32. The number of hydrogen-bond donors (Lipinski definition) is 1. The van der Waals surface area contributed by atoms with Crippen molar-refractivity contribution in [2.24, 2.45) is 0 Å². The molecule has 2 aromatic heterocycles. The maximum absolute atomic E-state index is 4.70. The van der Waals surface area contributed by atoms with E-state index >= 15 is 0 Å². The largest absolute Gasteiger partial charge is 0.354 e. The van der Waals surface area contributed by atoms with E-state index in [1.165, 1.54) is 41.1 Å². The van der Waals surface area contributed by atoms with Gasteiger partial charge in [0, 0.05) is 43.6 Å². The minimum atomic E-state index is 0.721. The van der Waals surface area contributed by atoms with Crippen LogP contribution >= 0.6 is 11.3 Å². The highest BCUT2D eigenvalue weighted by Crippen LogP contribution is 2.32. The zero-order valence-corrected chi connectivity index (χ0v) is 16.0. The summed E-state index contributed by atoms with van der Waals surface area (Å²) in [6, 6.07) is 12.7. The van der Waals surface area contributed by atoms with Crippen molar-refractivity contribution in [2.75, 3.05) is 51.6 Å². The summed E-state index contributed by atoms with van der Waals surface area (Å²) in [6.07, 6.45) is 2.95. The first kappa shape index (κ1) is 17.4. The second kappa shape index (κ2) is 8.12. The fourth-order valence-electron chi connectivity index (χ4n) is 3.26. The Labute approximate surface area is 158 Å². The number of piperazine rings is 1. The highest BCUT2D eigenvalue weighted by atomic mass is 32.1. The number of likely N-dealkylation sites (N-methyl/N-ethyl adjacent to an activating group) is 1. The van der Waals surface area contributed by atoms with E-state index in [1.807, 2.05) is 12.3 Å². The van der Waals surface area contributed by atoms with Gasteiger partial charge >= 0.3 is 0 Å². The molecule has 1 aliphatic rings. The molecule has 0 radical (unpaired) electrons. The first-order valence-electron chi connectivity index (χ1n) is 9.25. The summed E-state index contributed by atoms with van der Waals surface area (Å²) in [4.78, 5) is 15.2. The fraction of sp³-hybridized carbons (Fsp3) is 0.400. The van der Waals surface area contributed by atoms with E-state index in [0.717, 1.165) is 31.2 Å². The maximum atomic E-state index is 4.70. The molecule has 6 heteroatoms. The second-order valence-electron chi connectivity index (χ2n) is 6.84. The molecule has 1 aliphatic heterocycles. The van der Waals surface area contributed by atoms with E-state index in [-0.39, 0.29) is 0 Å². The van der Waals surface area contributed by atoms with Crippen LogP contribution in [0.1, 0.15) is 6.42 Å². The number of rotatable bonds is 6. The SMILES string of the molecule is CN1CCN(CCCNc2nccc(-c3cc4ccccc4s3)n2)CC1. The van der Waals surface area contributed by atoms with Crippen molar-refractivity contribution in [1.82, 2.24) is 19.8 Å². The van der Waals surface area contributed by atoms with Gasteiger partial charge in [0.05, 0.1) is 10.6 Å². The predicted molar refractivity (Wildman–Crippen MR) is 110 cm³/mol. The molecule has 3 aromatic rings. The molecule has 0 aliphatic carbocycles. The van der Waals surface area contributed by atoms with Crippen molar-refractivity contribution in [1.29, 1.82) is 0 Å². The molecule has 5 nitrogen and oxygen atoms in total. The van der Waals surface area contributed by atoms with E-state index in [9.17, 15) is 0 Å². The summed E-state index contributed by atoms with van der Waals surface area (Å²) >= 11 is 1.78. The summed E-state index contributed by atoms with van der Waals surface area (Å²) in [5.74, 6) is 0.721. The Bertz CT molecular complexity index is 821. The van der Waals surface area contributed by atoms with Crippen LogP contribution in [0.4, 0.5) is 5.95 Å². The van der Waals surface area contributed by atoms with Crippen LogP contribution in [0.15, 0.2) is 42.6 Å². The van der Waals surface area contributed by atoms with Gasteiger partial charge < -0.3 is 15.1 Å². The Morgan fingerprint density at radius 1 is 1.12 bits per heavy atom. The third-order valence-corrected chi connectivity index (χ3v) is 6.00. The van der Waals surface area contributed by atoms with Crippen LogP contribution in [0.5, 0.6) is 0 Å². The lowest BCUT2D eigenvalue weighted by Gasteiger charge is -2.32. The molecule has 26 heavy (non-hydrogen) atoms. The average Bonchev–Trinajstić information content (AvgIpc) is 3.11. The number of nitrogens with one attached hydrogen (secondary N) is 1. The number of aromatic nitrogens is 2. The molecule has 1 saturated heterocycles. The fourth-order valence-corrected chi connectivity index (χ4v) is 4.30. The van der Waals surface area contributed by atoms with Crippen LogP contribution in [-0.4, -0.2) is 66.1 Å². The van der Waals surface area contributed by atoms with Gasteiger partial charge in [-0.15, -0.1) is 11.3 Å². The first-order chi connectivity index (χ1) is 12.8. The number of thiophene rings is 1. The van der Waals surface area contributed by atoms with Crippen molar-refractivity contribution in [3.05, 3.63) is 42.6 Å². The van der Waals surface area contributed by atoms with Gasteiger partial charge in [-0.1, -0.05) is 18.2 Å². The van der Waals surface area contributed by atoms with Gasteiger partial charge in [-0.3, -0.25) is 0 Å². The van der Waals surface area contributed by atoms with Crippen molar-refractivity contribution < 1.29 is 0 Å². The van der Waals surface area contributed by atoms with Crippen LogP contribution < -0.4 is 5.32 Å². The molecule has 0 atom stereocenters. The highest BCUT2D eigenvalue weighted by Gasteiger charge is 2.13. The highest BCUT2D eigenvalue weighted by molar-refractivity contribution is 7.22. The van der Waals surface area contributed by atoms with Crippen LogP contribution in [0, 0.1) is 0 Å². The Morgan fingerprint density at radius 3 is 2.81 bits per heavy atom. The van der Waals surface area contributed by atoms with E-state index in [1.54, 1.807) is 11.3 Å². The van der Waals surface area contributed by atoms with Crippen LogP contribution in [-0.2, 0) is 0 Å². The lowest BCUT2D eigenvalue weighted by molar-refractivity contribution is 0.154. The maximum Gasteiger partial charge on any atom is 0.223 e. The quantitative estimate of drug-likeness (QED) is 0.677. The Kier molecular flexibility index (Phi) is 5.43. The summed E-state index contributed by atoms with van der Waals surface area (Å²) in [7, 11) is 2.19. The molecular weight excluding hydrogens is 342 g/mol. The van der Waals surface area contributed by atoms with E-state index < -0.39 is 0 Å². The van der Waals surface area contributed by atoms with Gasteiger partial charge in [-0.25, -0.2) is 9.97 Å². The van der Waals surface area contributed by atoms with Crippen molar-refractivity contribution in [2.45, 2.75) is 6.42 Å². The van der Waals surface area contributed by atoms with E-state index in [4.69, 9.17) is 4.98 Å². The number of anilines is 1. The van der Waals surface area contributed by atoms with Crippen molar-refractivity contribution in [3.63, 3.8) is 0 Å². The van der Waals surface area contributed by atoms with Crippen LogP contribution in [0.25, 0.3) is 20.7 Å². The molecule has 1 N–H and O–H groups in total. The normalized spacial score (nSPS) is 16.2. The smallest absolute Gasteiger partial charge is 0.223 e. The lowest BCUT2D eigenvalue weighted by atomic mass is 10.2. The zero-order chi connectivity index (χ0) is 17.8. The third-order valence-electron chi connectivity index (χ3n) is 4.86. The number of benzene rings is 1. The Hall–Kier alpha value is -2.02. The van der Waals surface area contributed by atoms with Crippen LogP contribution in [0.2, 0.25) is 0 Å². The molecule has 1 aromatic carbocycles. The standard InChI is InChI=1S/C20H25N5S/c1-24-11-13-25(14-12-24)10-4-8-21-20-22-9-7-17(23-20)19-15-16-5-2-3-6-18(16)26-19/h2-3,5-7,9,15H,4,8,10-14H2,1H3,(H,21,22,23). The number of fused-ring (bicyclic) bond motifs is 1. The molecule has 136 valence electrons. The Morgan fingerprint density at radius 2 is 1.96 bits per heavy atom. The molecule has 4 rings (SSSR count). The minimum absolute atomic E-state index is 0.721. The molecular formula is C20H25N5S.